The van der Waals surface area contributed by atoms with E-state index in [2.05, 4.69) is 18.7 Å². The van der Waals surface area contributed by atoms with E-state index in [1.54, 1.807) is 0 Å². The first-order valence-corrected chi connectivity index (χ1v) is 5.17. The molecule has 3 atom stereocenters. The van der Waals surface area contributed by atoms with Crippen LogP contribution in [0, 0.1) is 17.8 Å². The molecule has 0 aliphatic heterocycles. The standard InChI is InChI=1S/C12H18/c1-2-3-4-5-11-8-10-6-7-12(11)9-10/h2,4-5,10-12H,1,3,6-9H2. The Morgan fingerprint density at radius 1 is 1.25 bits per heavy atom. The van der Waals surface area contributed by atoms with E-state index in [4.69, 9.17) is 0 Å². The summed E-state index contributed by atoms with van der Waals surface area (Å²) in [5, 5.41) is 0. The lowest BCUT2D eigenvalue weighted by atomic mass is 9.88. The fourth-order valence-corrected chi connectivity index (χ4v) is 2.88. The highest BCUT2D eigenvalue weighted by Crippen LogP contribution is 2.48. The van der Waals surface area contributed by atoms with Gasteiger partial charge in [-0.1, -0.05) is 24.6 Å². The van der Waals surface area contributed by atoms with Crippen molar-refractivity contribution in [3.8, 4) is 0 Å². The maximum Gasteiger partial charge on any atom is -0.0172 e. The van der Waals surface area contributed by atoms with Gasteiger partial charge in [0.05, 0.1) is 0 Å². The summed E-state index contributed by atoms with van der Waals surface area (Å²) in [5.41, 5.74) is 0. The lowest BCUT2D eigenvalue weighted by Crippen LogP contribution is -2.06. The van der Waals surface area contributed by atoms with Crippen LogP contribution in [0.2, 0.25) is 0 Å². The van der Waals surface area contributed by atoms with Gasteiger partial charge in [0.25, 0.3) is 0 Å². The number of fused-ring (bicyclic) bond motifs is 2. The Kier molecular flexibility index (Phi) is 2.34. The summed E-state index contributed by atoms with van der Waals surface area (Å²) in [7, 11) is 0. The third-order valence-electron chi connectivity index (χ3n) is 3.48. The molecule has 0 radical (unpaired) electrons. The summed E-state index contributed by atoms with van der Waals surface area (Å²) < 4.78 is 0. The molecule has 0 aromatic heterocycles. The zero-order valence-corrected chi connectivity index (χ0v) is 7.71. The van der Waals surface area contributed by atoms with Gasteiger partial charge in [-0.25, -0.2) is 0 Å². The van der Waals surface area contributed by atoms with Gasteiger partial charge in [-0.2, -0.15) is 0 Å². The molecule has 0 heterocycles. The van der Waals surface area contributed by atoms with Crippen LogP contribution in [-0.2, 0) is 0 Å². The quantitative estimate of drug-likeness (QED) is 0.557. The minimum Gasteiger partial charge on any atom is -0.103 e. The van der Waals surface area contributed by atoms with Crippen LogP contribution in [0.3, 0.4) is 0 Å². The maximum atomic E-state index is 3.72. The van der Waals surface area contributed by atoms with Crippen molar-refractivity contribution in [2.24, 2.45) is 17.8 Å². The monoisotopic (exact) mass is 162 g/mol. The number of rotatable bonds is 3. The summed E-state index contributed by atoms with van der Waals surface area (Å²) in [5.74, 6) is 3.04. The molecular weight excluding hydrogens is 144 g/mol. The Labute approximate surface area is 75.4 Å². The van der Waals surface area contributed by atoms with Gasteiger partial charge in [-0.3, -0.25) is 0 Å². The fourth-order valence-electron chi connectivity index (χ4n) is 2.88. The van der Waals surface area contributed by atoms with Crippen molar-refractivity contribution in [3.63, 3.8) is 0 Å². The van der Waals surface area contributed by atoms with E-state index in [1.165, 1.54) is 25.7 Å². The molecule has 3 unspecified atom stereocenters. The Morgan fingerprint density at radius 2 is 2.17 bits per heavy atom. The summed E-state index contributed by atoms with van der Waals surface area (Å²) in [6.45, 7) is 3.72. The average Bonchev–Trinajstić information content (AvgIpc) is 2.65. The Balaban J connectivity index is 1.86. The predicted molar refractivity (Wildman–Crippen MR) is 52.9 cm³/mol. The smallest absolute Gasteiger partial charge is 0.0172 e. The van der Waals surface area contributed by atoms with Crippen molar-refractivity contribution in [3.05, 3.63) is 24.8 Å². The van der Waals surface area contributed by atoms with E-state index in [1.807, 2.05) is 6.08 Å². The molecule has 0 aromatic carbocycles. The molecule has 0 aromatic rings. The molecule has 2 bridgehead atoms. The molecule has 0 heteroatoms. The van der Waals surface area contributed by atoms with Crippen molar-refractivity contribution < 1.29 is 0 Å². The van der Waals surface area contributed by atoms with Crippen molar-refractivity contribution in [1.82, 2.24) is 0 Å². The van der Waals surface area contributed by atoms with E-state index in [0.717, 1.165) is 24.2 Å². The first-order valence-electron chi connectivity index (χ1n) is 5.17. The van der Waals surface area contributed by atoms with Crippen LogP contribution >= 0.6 is 0 Å². The highest BCUT2D eigenvalue weighted by molar-refractivity contribution is 5.01. The minimum absolute atomic E-state index is 0.920. The first kappa shape index (κ1) is 8.10. The summed E-state index contributed by atoms with van der Waals surface area (Å²) in [4.78, 5) is 0. The number of hydrogen-bond acceptors (Lipinski definition) is 0. The lowest BCUT2D eigenvalue weighted by Gasteiger charge is -2.17. The van der Waals surface area contributed by atoms with Gasteiger partial charge in [0, 0.05) is 0 Å². The van der Waals surface area contributed by atoms with Gasteiger partial charge < -0.3 is 0 Å². The second-order valence-corrected chi connectivity index (χ2v) is 4.29. The van der Waals surface area contributed by atoms with Gasteiger partial charge in [-0.05, 0) is 43.4 Å². The lowest BCUT2D eigenvalue weighted by molar-refractivity contribution is 0.394. The zero-order valence-electron chi connectivity index (χ0n) is 7.71. The number of allylic oxidation sites excluding steroid dienone is 3. The normalized spacial score (nSPS) is 39.5. The molecule has 0 amide bonds. The van der Waals surface area contributed by atoms with Crippen molar-refractivity contribution in [2.45, 2.75) is 32.1 Å². The van der Waals surface area contributed by atoms with Crippen molar-refractivity contribution in [1.29, 1.82) is 0 Å². The molecule has 2 fully saturated rings. The van der Waals surface area contributed by atoms with E-state index < -0.39 is 0 Å². The Morgan fingerprint density at radius 3 is 2.75 bits per heavy atom. The second-order valence-electron chi connectivity index (χ2n) is 4.29. The van der Waals surface area contributed by atoms with E-state index >= 15 is 0 Å². The zero-order chi connectivity index (χ0) is 8.39. The topological polar surface area (TPSA) is 0 Å². The van der Waals surface area contributed by atoms with Crippen LogP contribution in [0.5, 0.6) is 0 Å². The first-order chi connectivity index (χ1) is 5.90. The molecule has 0 saturated heterocycles. The molecule has 0 spiro atoms. The predicted octanol–water partition coefficient (Wildman–Crippen LogP) is 3.55. The van der Waals surface area contributed by atoms with Gasteiger partial charge in [0.15, 0.2) is 0 Å². The van der Waals surface area contributed by atoms with Crippen LogP contribution in [-0.4, -0.2) is 0 Å². The Bertz CT molecular complexity index is 190. The van der Waals surface area contributed by atoms with E-state index in [-0.39, 0.29) is 0 Å². The molecule has 2 aliphatic rings. The third-order valence-corrected chi connectivity index (χ3v) is 3.48. The molecule has 0 N–H and O–H groups in total. The van der Waals surface area contributed by atoms with Crippen LogP contribution in [0.1, 0.15) is 32.1 Å². The van der Waals surface area contributed by atoms with Crippen LogP contribution in [0.15, 0.2) is 24.8 Å². The van der Waals surface area contributed by atoms with Gasteiger partial charge in [0.1, 0.15) is 0 Å². The van der Waals surface area contributed by atoms with Crippen molar-refractivity contribution >= 4 is 0 Å². The molecule has 2 saturated carbocycles. The molecule has 66 valence electrons. The summed E-state index contributed by atoms with van der Waals surface area (Å²) in [6, 6.07) is 0. The molecule has 0 nitrogen and oxygen atoms in total. The molecular formula is C12H18. The van der Waals surface area contributed by atoms with E-state index in [9.17, 15) is 0 Å². The van der Waals surface area contributed by atoms with Crippen LogP contribution in [0.4, 0.5) is 0 Å². The SMILES string of the molecule is C=CCC=CC1CC2CCC1C2. The minimum atomic E-state index is 0.920. The van der Waals surface area contributed by atoms with E-state index in [0.29, 0.717) is 0 Å². The molecule has 2 rings (SSSR count). The summed E-state index contributed by atoms with van der Waals surface area (Å²) >= 11 is 0. The molecule has 12 heavy (non-hydrogen) atoms. The van der Waals surface area contributed by atoms with Crippen LogP contribution in [0.25, 0.3) is 0 Å². The highest BCUT2D eigenvalue weighted by atomic mass is 14.4. The van der Waals surface area contributed by atoms with Gasteiger partial charge in [-0.15, -0.1) is 6.58 Å². The summed E-state index contributed by atoms with van der Waals surface area (Å²) in [6.07, 6.45) is 13.7. The van der Waals surface area contributed by atoms with Crippen LogP contribution < -0.4 is 0 Å². The average molecular weight is 162 g/mol. The molecule has 2 aliphatic carbocycles. The van der Waals surface area contributed by atoms with Crippen molar-refractivity contribution in [2.75, 3.05) is 0 Å². The Hall–Kier alpha value is -0.520. The number of hydrogen-bond donors (Lipinski definition) is 0. The third kappa shape index (κ3) is 1.48. The largest absolute Gasteiger partial charge is 0.103 e. The van der Waals surface area contributed by atoms with Gasteiger partial charge >= 0.3 is 0 Å². The fraction of sp³-hybridized carbons (Fsp3) is 0.667. The maximum absolute atomic E-state index is 3.72. The second kappa shape index (κ2) is 3.47. The van der Waals surface area contributed by atoms with Gasteiger partial charge in [0.2, 0.25) is 0 Å². The highest BCUT2D eigenvalue weighted by Gasteiger charge is 2.37.